The highest BCUT2D eigenvalue weighted by Gasteiger charge is 2.04. The van der Waals surface area contributed by atoms with E-state index in [-0.39, 0.29) is 0 Å². The quantitative estimate of drug-likeness (QED) is 0.694. The lowest BCUT2D eigenvalue weighted by molar-refractivity contribution is -0.114. The van der Waals surface area contributed by atoms with Gasteiger partial charge in [0.1, 0.15) is 0 Å². The summed E-state index contributed by atoms with van der Waals surface area (Å²) in [5, 5.41) is 2.36. The molecule has 0 unspecified atom stereocenters. The molecule has 1 aromatic carbocycles. The highest BCUT2D eigenvalue weighted by Crippen LogP contribution is 2.09. The fraction of sp³-hybridized carbons (Fsp3) is 0.100. The number of rotatable bonds is 2. The third kappa shape index (κ3) is 2.71. The van der Waals surface area contributed by atoms with Gasteiger partial charge in [0.05, 0.1) is 0 Å². The number of anilines is 1. The van der Waals surface area contributed by atoms with Crippen molar-refractivity contribution in [2.24, 2.45) is 0 Å². The average molecular weight is 179 g/mol. The first-order chi connectivity index (χ1) is 6.09. The van der Waals surface area contributed by atoms with Gasteiger partial charge in [-0.1, -0.05) is 24.3 Å². The minimum absolute atomic E-state index is 0.564. The van der Waals surface area contributed by atoms with E-state index < -0.39 is 11.7 Å². The van der Waals surface area contributed by atoms with Gasteiger partial charge in [-0.15, -0.1) is 0 Å². The lowest BCUT2D eigenvalue weighted by atomic mass is 10.2. The van der Waals surface area contributed by atoms with Crippen LogP contribution in [0.3, 0.4) is 0 Å². The third-order valence-corrected chi connectivity index (χ3v) is 1.56. The summed E-state index contributed by atoms with van der Waals surface area (Å²) in [5.74, 6) is -1.79. The molecule has 3 heteroatoms. The molecule has 1 amide bonds. The monoisotopic (exact) mass is 179 g/mol. The highest BCUT2D eigenvalue weighted by molar-refractivity contribution is 6.01. The van der Waals surface area contributed by atoms with Gasteiger partial charge in [0.25, 0.3) is 5.91 Å². The maximum atomic E-state index is 12.3. The predicted octanol–water partition coefficient (Wildman–Crippen LogP) is 2.42. The highest BCUT2D eigenvalue weighted by atomic mass is 19.1. The van der Waals surface area contributed by atoms with E-state index in [2.05, 4.69) is 11.9 Å². The Kier molecular flexibility index (Phi) is 2.80. The molecule has 0 heterocycles. The van der Waals surface area contributed by atoms with Gasteiger partial charge >= 0.3 is 0 Å². The van der Waals surface area contributed by atoms with Crippen molar-refractivity contribution in [2.75, 3.05) is 5.32 Å². The summed E-state index contributed by atoms with van der Waals surface area (Å²) in [6.07, 6.45) is 0. The molecule has 0 spiro atoms. The summed E-state index contributed by atoms with van der Waals surface area (Å²) < 4.78 is 12.3. The number of hydrogen-bond donors (Lipinski definition) is 1. The lowest BCUT2D eigenvalue weighted by Gasteiger charge is -2.02. The minimum Gasteiger partial charge on any atom is -0.320 e. The van der Waals surface area contributed by atoms with Gasteiger partial charge in [-0.2, -0.15) is 0 Å². The van der Waals surface area contributed by atoms with Crippen molar-refractivity contribution in [3.63, 3.8) is 0 Å². The molecular formula is C10H10FNO. The van der Waals surface area contributed by atoms with Crippen LogP contribution in [-0.4, -0.2) is 5.91 Å². The Balaban J connectivity index is 2.70. The molecular weight excluding hydrogens is 169 g/mol. The van der Waals surface area contributed by atoms with Crippen LogP contribution < -0.4 is 5.32 Å². The van der Waals surface area contributed by atoms with Crippen molar-refractivity contribution in [3.05, 3.63) is 42.2 Å². The first-order valence-corrected chi connectivity index (χ1v) is 3.82. The molecule has 1 aromatic rings. The van der Waals surface area contributed by atoms with E-state index >= 15 is 0 Å². The van der Waals surface area contributed by atoms with Gasteiger partial charge in [0.2, 0.25) is 0 Å². The van der Waals surface area contributed by atoms with Crippen molar-refractivity contribution in [3.8, 4) is 0 Å². The molecule has 0 aromatic heterocycles. The van der Waals surface area contributed by atoms with E-state index in [0.717, 1.165) is 5.56 Å². The Morgan fingerprint density at radius 3 is 2.38 bits per heavy atom. The van der Waals surface area contributed by atoms with Gasteiger partial charge in [-0.3, -0.25) is 4.79 Å². The predicted molar refractivity (Wildman–Crippen MR) is 50.1 cm³/mol. The molecule has 0 fully saturated rings. The maximum Gasteiger partial charge on any atom is 0.283 e. The van der Waals surface area contributed by atoms with E-state index in [1.54, 1.807) is 12.1 Å². The summed E-state index contributed by atoms with van der Waals surface area (Å²) in [6, 6.07) is 7.07. The normalized spacial score (nSPS) is 9.38. The molecule has 2 nitrogen and oxygen atoms in total. The van der Waals surface area contributed by atoms with Crippen molar-refractivity contribution in [1.29, 1.82) is 0 Å². The van der Waals surface area contributed by atoms with E-state index in [0.29, 0.717) is 5.69 Å². The van der Waals surface area contributed by atoms with Crippen LogP contribution in [-0.2, 0) is 4.79 Å². The molecule has 0 atom stereocenters. The van der Waals surface area contributed by atoms with Crippen LogP contribution in [0.2, 0.25) is 0 Å². The van der Waals surface area contributed by atoms with Crippen molar-refractivity contribution in [2.45, 2.75) is 6.92 Å². The van der Waals surface area contributed by atoms with Crippen LogP contribution in [0, 0.1) is 6.92 Å². The van der Waals surface area contributed by atoms with Gasteiger partial charge in [0.15, 0.2) is 5.83 Å². The van der Waals surface area contributed by atoms with Crippen LogP contribution in [0.15, 0.2) is 36.7 Å². The van der Waals surface area contributed by atoms with E-state index in [4.69, 9.17) is 0 Å². The standard InChI is InChI=1S/C10H10FNO/c1-7-3-5-9(6-4-7)12-10(13)8(2)11/h3-6H,2H2,1H3,(H,12,13). The van der Waals surface area contributed by atoms with E-state index in [9.17, 15) is 9.18 Å². The van der Waals surface area contributed by atoms with Crippen LogP contribution in [0.25, 0.3) is 0 Å². The Hall–Kier alpha value is -1.64. The molecule has 0 aliphatic rings. The number of nitrogens with one attached hydrogen (secondary N) is 1. The number of carbonyl (C=O) groups is 1. The van der Waals surface area contributed by atoms with Crippen LogP contribution >= 0.6 is 0 Å². The molecule has 0 saturated carbocycles. The van der Waals surface area contributed by atoms with Crippen LogP contribution in [0.5, 0.6) is 0 Å². The second kappa shape index (κ2) is 3.85. The lowest BCUT2D eigenvalue weighted by Crippen LogP contribution is -2.10. The van der Waals surface area contributed by atoms with E-state index in [1.807, 2.05) is 19.1 Å². The zero-order valence-corrected chi connectivity index (χ0v) is 7.30. The Morgan fingerprint density at radius 2 is 1.92 bits per heavy atom. The second-order valence-corrected chi connectivity index (χ2v) is 2.73. The van der Waals surface area contributed by atoms with Gasteiger partial charge in [0, 0.05) is 5.69 Å². The van der Waals surface area contributed by atoms with Crippen LogP contribution in [0.4, 0.5) is 10.1 Å². The molecule has 0 aliphatic carbocycles. The molecule has 13 heavy (non-hydrogen) atoms. The largest absolute Gasteiger partial charge is 0.320 e. The first kappa shape index (κ1) is 9.45. The fourth-order valence-corrected chi connectivity index (χ4v) is 0.836. The molecule has 1 N–H and O–H groups in total. The van der Waals surface area contributed by atoms with Gasteiger partial charge in [-0.25, -0.2) is 4.39 Å². The maximum absolute atomic E-state index is 12.3. The minimum atomic E-state index is -0.986. The molecule has 0 radical (unpaired) electrons. The van der Waals surface area contributed by atoms with E-state index in [1.165, 1.54) is 0 Å². The summed E-state index contributed by atoms with van der Waals surface area (Å²) in [7, 11) is 0. The topological polar surface area (TPSA) is 29.1 Å². The van der Waals surface area contributed by atoms with Gasteiger partial charge < -0.3 is 5.32 Å². The molecule has 0 saturated heterocycles. The SMILES string of the molecule is C=C(F)C(=O)Nc1ccc(C)cc1. The Labute approximate surface area is 76.1 Å². The fourth-order valence-electron chi connectivity index (χ4n) is 0.836. The first-order valence-electron chi connectivity index (χ1n) is 3.82. The van der Waals surface area contributed by atoms with Crippen molar-refractivity contribution >= 4 is 11.6 Å². The van der Waals surface area contributed by atoms with Crippen molar-refractivity contribution in [1.82, 2.24) is 0 Å². The number of halogens is 1. The number of amides is 1. The summed E-state index contributed by atoms with van der Waals surface area (Å²) in [6.45, 7) is 4.82. The van der Waals surface area contributed by atoms with Gasteiger partial charge in [-0.05, 0) is 19.1 Å². The zero-order valence-electron chi connectivity index (χ0n) is 7.30. The molecule has 0 bridgehead atoms. The molecule has 1 rings (SSSR count). The smallest absolute Gasteiger partial charge is 0.283 e. The zero-order chi connectivity index (χ0) is 9.84. The third-order valence-electron chi connectivity index (χ3n) is 1.56. The molecule has 68 valence electrons. The number of carbonyl (C=O) groups excluding carboxylic acids is 1. The Morgan fingerprint density at radius 1 is 1.38 bits per heavy atom. The average Bonchev–Trinajstić information content (AvgIpc) is 2.08. The second-order valence-electron chi connectivity index (χ2n) is 2.73. The van der Waals surface area contributed by atoms with Crippen LogP contribution in [0.1, 0.15) is 5.56 Å². The Bertz CT molecular complexity index is 329. The number of hydrogen-bond acceptors (Lipinski definition) is 1. The number of aryl methyl sites for hydroxylation is 1. The number of benzene rings is 1. The van der Waals surface area contributed by atoms with Crippen molar-refractivity contribution < 1.29 is 9.18 Å². The summed E-state index contributed by atoms with van der Waals surface area (Å²) in [4.78, 5) is 10.8. The molecule has 0 aliphatic heterocycles. The summed E-state index contributed by atoms with van der Waals surface area (Å²) in [5.41, 5.74) is 1.64. The summed E-state index contributed by atoms with van der Waals surface area (Å²) >= 11 is 0.